The molecule has 0 amide bonds. The predicted molar refractivity (Wildman–Crippen MR) is 117 cm³/mol. The molecule has 156 valence electrons. The van der Waals surface area contributed by atoms with Crippen molar-refractivity contribution in [3.8, 4) is 59.4 Å². The average molecular weight is 438 g/mol. The van der Waals surface area contributed by atoms with Crippen LogP contribution in [0.3, 0.4) is 0 Å². The van der Waals surface area contributed by atoms with Gasteiger partial charge >= 0.3 is 0 Å². The smallest absolute Gasteiger partial charge is 0.140 e. The minimum Gasteiger partial charge on any atom is -0.457 e. The van der Waals surface area contributed by atoms with Gasteiger partial charge in [-0.2, -0.15) is 31.6 Å². The fraction of sp³-hybridized carbons (Fsp3) is 0. The predicted octanol–water partition coefficient (Wildman–Crippen LogP) is 3.41. The lowest BCUT2D eigenvalue weighted by atomic mass is 10.1. The third-order valence-corrected chi connectivity index (χ3v) is 4.49. The molecule has 0 saturated heterocycles. The van der Waals surface area contributed by atoms with Crippen molar-refractivity contribution in [3.05, 3.63) is 82.2 Å². The summed E-state index contributed by atoms with van der Waals surface area (Å²) < 4.78 is 11.7. The van der Waals surface area contributed by atoms with E-state index >= 15 is 0 Å². The van der Waals surface area contributed by atoms with E-state index in [1.807, 2.05) is 12.1 Å². The summed E-state index contributed by atoms with van der Waals surface area (Å²) in [5, 5.41) is 56.0. The summed E-state index contributed by atoms with van der Waals surface area (Å²) in [5.41, 5.74) is 0.251. The van der Waals surface area contributed by atoms with Gasteiger partial charge in [-0.05, 0) is 60.7 Å². The number of benzene rings is 3. The van der Waals surface area contributed by atoms with Gasteiger partial charge in [-0.25, -0.2) is 0 Å². The topological polar surface area (TPSA) is 161 Å². The highest BCUT2D eigenvalue weighted by atomic mass is 16.5. The second kappa shape index (κ2) is 10.3. The number of hydrogen-bond acceptors (Lipinski definition) is 8. The largest absolute Gasteiger partial charge is 0.457 e. The van der Waals surface area contributed by atoms with Gasteiger partial charge in [-0.3, -0.25) is 0 Å². The lowest BCUT2D eigenvalue weighted by Crippen LogP contribution is -2.18. The molecule has 3 aromatic carbocycles. The highest BCUT2D eigenvalue weighted by Gasteiger charge is 2.13. The SMILES string of the molecule is N#CC(C#N)=c1cc(Oc2ccc(C#N)cc2)c(=C(C#N)C#N)cc1Oc1ccc(C#N)cc1. The fourth-order valence-electron chi connectivity index (χ4n) is 2.86. The van der Waals surface area contributed by atoms with E-state index in [0.29, 0.717) is 22.6 Å². The maximum atomic E-state index is 9.46. The van der Waals surface area contributed by atoms with Crippen LogP contribution >= 0.6 is 0 Å². The molecule has 0 saturated carbocycles. The molecule has 8 heteroatoms. The second-order valence-electron chi connectivity index (χ2n) is 6.52. The molecule has 3 aromatic rings. The van der Waals surface area contributed by atoms with Crippen LogP contribution in [0.5, 0.6) is 23.0 Å². The minimum absolute atomic E-state index is 0.0352. The molecule has 0 fully saturated rings. The van der Waals surface area contributed by atoms with Gasteiger partial charge in [0.1, 0.15) is 58.4 Å². The molecule has 0 unspecified atom stereocenters. The molecule has 0 aliphatic carbocycles. The van der Waals surface area contributed by atoms with Gasteiger partial charge in [0.05, 0.1) is 23.3 Å². The maximum Gasteiger partial charge on any atom is 0.140 e. The number of rotatable bonds is 4. The first-order chi connectivity index (χ1) is 16.6. The monoisotopic (exact) mass is 438 g/mol. The van der Waals surface area contributed by atoms with Crippen LogP contribution in [0.15, 0.2) is 60.7 Å². The molecule has 0 spiro atoms. The van der Waals surface area contributed by atoms with Crippen LogP contribution < -0.4 is 19.9 Å². The van der Waals surface area contributed by atoms with E-state index in [1.165, 1.54) is 60.7 Å². The average Bonchev–Trinajstić information content (AvgIpc) is 2.88. The first-order valence-electron chi connectivity index (χ1n) is 9.46. The fourth-order valence-corrected chi connectivity index (χ4v) is 2.86. The Morgan fingerprint density at radius 1 is 0.500 bits per heavy atom. The van der Waals surface area contributed by atoms with Crippen molar-refractivity contribution in [2.45, 2.75) is 0 Å². The highest BCUT2D eigenvalue weighted by Crippen LogP contribution is 2.23. The molecule has 0 aliphatic heterocycles. The van der Waals surface area contributed by atoms with E-state index in [9.17, 15) is 21.0 Å². The third kappa shape index (κ3) is 4.81. The van der Waals surface area contributed by atoms with Crippen LogP contribution in [-0.2, 0) is 0 Å². The molecule has 0 radical (unpaired) electrons. The number of nitriles is 6. The van der Waals surface area contributed by atoms with Gasteiger partial charge in [0.25, 0.3) is 0 Å². The summed E-state index contributed by atoms with van der Waals surface area (Å²) >= 11 is 0. The van der Waals surface area contributed by atoms with Gasteiger partial charge in [0.15, 0.2) is 0 Å². The molecule has 8 nitrogen and oxygen atoms in total. The van der Waals surface area contributed by atoms with Crippen LogP contribution in [0, 0.1) is 68.0 Å². The Labute approximate surface area is 194 Å². The van der Waals surface area contributed by atoms with Crippen molar-refractivity contribution in [3.63, 3.8) is 0 Å². The molecular weight excluding hydrogens is 428 g/mol. The summed E-state index contributed by atoms with van der Waals surface area (Å²) in [6.07, 6.45) is 0. The number of hydrogen-bond donors (Lipinski definition) is 0. The highest BCUT2D eigenvalue weighted by molar-refractivity contribution is 5.77. The number of ether oxygens (including phenoxy) is 2. The van der Waals surface area contributed by atoms with Crippen molar-refractivity contribution >= 4 is 11.1 Å². The van der Waals surface area contributed by atoms with Crippen LogP contribution in [0.25, 0.3) is 11.1 Å². The third-order valence-electron chi connectivity index (χ3n) is 4.49. The van der Waals surface area contributed by atoms with Gasteiger partial charge in [0.2, 0.25) is 0 Å². The first kappa shape index (κ1) is 22.6. The van der Waals surface area contributed by atoms with Gasteiger partial charge in [-0.15, -0.1) is 0 Å². The van der Waals surface area contributed by atoms with Crippen molar-refractivity contribution in [2.24, 2.45) is 0 Å². The van der Waals surface area contributed by atoms with Crippen LogP contribution in [0.1, 0.15) is 11.1 Å². The molecule has 0 heterocycles. The van der Waals surface area contributed by atoms with Gasteiger partial charge in [0, 0.05) is 10.4 Å². The molecular formula is C26H10N6O2. The van der Waals surface area contributed by atoms with E-state index in [2.05, 4.69) is 0 Å². The van der Waals surface area contributed by atoms with Crippen LogP contribution in [0.2, 0.25) is 0 Å². The Kier molecular flexibility index (Phi) is 6.86. The van der Waals surface area contributed by atoms with Crippen molar-refractivity contribution < 1.29 is 9.47 Å². The van der Waals surface area contributed by atoms with Crippen molar-refractivity contribution in [1.82, 2.24) is 0 Å². The first-order valence-corrected chi connectivity index (χ1v) is 9.46. The van der Waals surface area contributed by atoms with E-state index < -0.39 is 0 Å². The summed E-state index contributed by atoms with van der Waals surface area (Å²) in [7, 11) is 0. The summed E-state index contributed by atoms with van der Waals surface area (Å²) in [6, 6.07) is 26.1. The summed E-state index contributed by atoms with van der Waals surface area (Å²) in [6.45, 7) is 0. The molecule has 0 atom stereocenters. The zero-order chi connectivity index (χ0) is 24.5. The number of nitrogens with zero attached hydrogens (tertiary/aromatic N) is 6. The molecule has 34 heavy (non-hydrogen) atoms. The standard InChI is InChI=1S/C26H10N6O2/c27-11-17-1-5-21(6-2-17)33-25-9-24(20(15-31)16-32)26(10-23(25)19(13-29)14-30)34-22-7-3-18(12-28)4-8-22/h1-10H. The maximum absolute atomic E-state index is 9.46. The Morgan fingerprint density at radius 2 is 0.824 bits per heavy atom. The van der Waals surface area contributed by atoms with E-state index in [0.717, 1.165) is 0 Å². The van der Waals surface area contributed by atoms with Gasteiger partial charge in [-0.1, -0.05) is 0 Å². The molecule has 0 aromatic heterocycles. The molecule has 0 bridgehead atoms. The quantitative estimate of drug-likeness (QED) is 0.598. The van der Waals surface area contributed by atoms with Crippen molar-refractivity contribution in [2.75, 3.05) is 0 Å². The normalized spacial score (nSPS) is 9.00. The van der Waals surface area contributed by atoms with Crippen LogP contribution in [-0.4, -0.2) is 0 Å². The Balaban J connectivity index is 2.29. The zero-order valence-corrected chi connectivity index (χ0v) is 17.3. The van der Waals surface area contributed by atoms with E-state index in [1.54, 1.807) is 24.3 Å². The summed E-state index contributed by atoms with van der Waals surface area (Å²) in [4.78, 5) is 0. The Hall–Kier alpha value is -6.06. The van der Waals surface area contributed by atoms with Crippen molar-refractivity contribution in [1.29, 1.82) is 31.6 Å². The second-order valence-corrected chi connectivity index (χ2v) is 6.52. The van der Waals surface area contributed by atoms with Crippen LogP contribution in [0.4, 0.5) is 0 Å². The Morgan fingerprint density at radius 3 is 1.09 bits per heavy atom. The Bertz CT molecular complexity index is 1490. The molecule has 0 N–H and O–H groups in total. The van der Waals surface area contributed by atoms with E-state index in [-0.39, 0.29) is 33.1 Å². The molecule has 3 rings (SSSR count). The van der Waals surface area contributed by atoms with E-state index in [4.69, 9.17) is 20.0 Å². The molecule has 0 aliphatic rings. The lowest BCUT2D eigenvalue weighted by Gasteiger charge is -2.11. The minimum atomic E-state index is -0.282. The van der Waals surface area contributed by atoms with Gasteiger partial charge < -0.3 is 9.47 Å². The zero-order valence-electron chi connectivity index (χ0n) is 17.3. The summed E-state index contributed by atoms with van der Waals surface area (Å²) in [5.74, 6) is 0.677. The lowest BCUT2D eigenvalue weighted by molar-refractivity contribution is 0.462.